The number of amides is 4. The van der Waals surface area contributed by atoms with Crippen LogP contribution >= 0.6 is 0 Å². The number of aliphatic hydroxyl groups is 2. The van der Waals surface area contributed by atoms with Gasteiger partial charge in [0.15, 0.2) is 5.96 Å². The Morgan fingerprint density at radius 1 is 1.21 bits per heavy atom. The molecule has 0 spiro atoms. The number of nitrogens with two attached hydrogens (primary N) is 1. The fraction of sp³-hybridized carbons (Fsp3) is 0.455. The molecular formula is C22H31N7O5. The first-order valence-electron chi connectivity index (χ1n) is 11.1. The Kier molecular flexibility index (Phi) is 8.44. The second-order valence-electron chi connectivity index (χ2n) is 8.16. The maximum absolute atomic E-state index is 13.0. The summed E-state index contributed by atoms with van der Waals surface area (Å²) in [6, 6.07) is 5.73. The van der Waals surface area contributed by atoms with E-state index in [4.69, 9.17) is 11.1 Å². The monoisotopic (exact) mass is 473 g/mol. The Hall–Kier alpha value is -3.64. The Morgan fingerprint density at radius 3 is 2.62 bits per heavy atom. The molecule has 0 aromatic heterocycles. The van der Waals surface area contributed by atoms with Gasteiger partial charge in [-0.3, -0.25) is 15.0 Å². The fourth-order valence-electron chi connectivity index (χ4n) is 4.01. The van der Waals surface area contributed by atoms with Crippen molar-refractivity contribution in [2.45, 2.75) is 43.7 Å². The van der Waals surface area contributed by atoms with Crippen LogP contribution in [0.25, 0.3) is 0 Å². The molecule has 0 saturated carbocycles. The molecular weight excluding hydrogens is 442 g/mol. The van der Waals surface area contributed by atoms with Crippen LogP contribution in [0.1, 0.15) is 18.4 Å². The molecule has 0 radical (unpaired) electrons. The largest absolute Gasteiger partial charge is 0.394 e. The van der Waals surface area contributed by atoms with Gasteiger partial charge in [0, 0.05) is 19.6 Å². The highest BCUT2D eigenvalue weighted by atomic mass is 16.3. The summed E-state index contributed by atoms with van der Waals surface area (Å²) in [5, 5.41) is 35.5. The van der Waals surface area contributed by atoms with E-state index in [-0.39, 0.29) is 19.0 Å². The number of piperidine rings is 1. The Balaban J connectivity index is 1.57. The summed E-state index contributed by atoms with van der Waals surface area (Å²) in [7, 11) is 0. The number of guanidine groups is 1. The average Bonchev–Trinajstić information content (AvgIpc) is 3.33. The molecule has 3 rings (SSSR count). The van der Waals surface area contributed by atoms with Gasteiger partial charge in [0.2, 0.25) is 11.8 Å². The molecule has 1 unspecified atom stereocenters. The van der Waals surface area contributed by atoms with Crippen LogP contribution in [-0.2, 0) is 16.1 Å². The van der Waals surface area contributed by atoms with E-state index in [1.807, 2.05) is 30.3 Å². The normalized spacial score (nSPS) is 22.7. The van der Waals surface area contributed by atoms with Crippen molar-refractivity contribution in [2.24, 2.45) is 5.73 Å². The number of rotatable bonds is 7. The van der Waals surface area contributed by atoms with Gasteiger partial charge in [-0.1, -0.05) is 42.5 Å². The number of likely N-dealkylation sites (tertiary alicyclic amines) is 1. The maximum Gasteiger partial charge on any atom is 0.315 e. The number of benzene rings is 1. The molecule has 2 heterocycles. The van der Waals surface area contributed by atoms with Gasteiger partial charge in [0.25, 0.3) is 0 Å². The lowest BCUT2D eigenvalue weighted by atomic mass is 10.0. The lowest BCUT2D eigenvalue weighted by molar-refractivity contribution is -0.140. The number of hydrogen-bond donors (Lipinski definition) is 7. The minimum atomic E-state index is -1.24. The van der Waals surface area contributed by atoms with Crippen LogP contribution in [0.3, 0.4) is 0 Å². The molecule has 4 amide bonds. The molecule has 1 fully saturated rings. The van der Waals surface area contributed by atoms with Gasteiger partial charge in [-0.2, -0.15) is 0 Å². The first kappa shape index (κ1) is 25.0. The van der Waals surface area contributed by atoms with Crippen LogP contribution < -0.4 is 21.7 Å². The number of nitrogens with zero attached hydrogens (tertiary/aromatic N) is 2. The van der Waals surface area contributed by atoms with Crippen molar-refractivity contribution >= 4 is 23.8 Å². The van der Waals surface area contributed by atoms with Crippen molar-refractivity contribution in [3.63, 3.8) is 0 Å². The van der Waals surface area contributed by atoms with E-state index in [9.17, 15) is 24.6 Å². The number of hydrogen-bond acceptors (Lipinski definition) is 6. The molecule has 8 N–H and O–H groups in total. The van der Waals surface area contributed by atoms with Crippen LogP contribution in [0.2, 0.25) is 0 Å². The lowest BCUT2D eigenvalue weighted by Crippen LogP contribution is -2.61. The third kappa shape index (κ3) is 6.02. The topological polar surface area (TPSA) is 184 Å². The highest BCUT2D eigenvalue weighted by Crippen LogP contribution is 2.18. The van der Waals surface area contributed by atoms with E-state index in [2.05, 4.69) is 16.0 Å². The molecule has 2 aliphatic heterocycles. The van der Waals surface area contributed by atoms with Crippen molar-refractivity contribution in [1.82, 2.24) is 25.8 Å². The molecule has 34 heavy (non-hydrogen) atoms. The summed E-state index contributed by atoms with van der Waals surface area (Å²) in [6.45, 7) is 0.147. The standard InChI is InChI=1S/C22H31N7O5/c23-21(24)29-11-4-8-15(19(29)32)26-18(31)17-9-5-10-28(17)20(33)16(13-30)27-22(34)25-12-14-6-2-1-3-7-14/h1-3,5-7,9,15-17,19,30,32H,4,8,10-13H2,(H3,23,24)(H,26,31)(H2,25,27,34)/t15-,16+,17-,19?/m0/s1. The maximum atomic E-state index is 13.0. The SMILES string of the molecule is N=C(N)N1CCC[C@H](NC(=O)[C@@H]2C=CCN2C(=O)[C@@H](CO)NC(=O)NCc2ccccc2)C1O. The van der Waals surface area contributed by atoms with E-state index < -0.39 is 48.8 Å². The number of aliphatic hydroxyl groups excluding tert-OH is 2. The van der Waals surface area contributed by atoms with Crippen molar-refractivity contribution < 1.29 is 24.6 Å². The van der Waals surface area contributed by atoms with Crippen LogP contribution in [0.4, 0.5) is 4.79 Å². The first-order chi connectivity index (χ1) is 16.3. The van der Waals surface area contributed by atoms with Crippen molar-refractivity contribution in [2.75, 3.05) is 19.7 Å². The second kappa shape index (κ2) is 11.5. The van der Waals surface area contributed by atoms with E-state index >= 15 is 0 Å². The molecule has 184 valence electrons. The van der Waals surface area contributed by atoms with E-state index in [1.54, 1.807) is 12.2 Å². The zero-order chi connectivity index (χ0) is 24.7. The summed E-state index contributed by atoms with van der Waals surface area (Å²) in [5.74, 6) is -1.41. The Labute approximate surface area is 197 Å². The zero-order valence-corrected chi connectivity index (χ0v) is 18.7. The summed E-state index contributed by atoms with van der Waals surface area (Å²) < 4.78 is 0. The molecule has 2 aliphatic rings. The van der Waals surface area contributed by atoms with E-state index in [0.29, 0.717) is 19.4 Å². The third-order valence-electron chi connectivity index (χ3n) is 5.82. The highest BCUT2D eigenvalue weighted by molar-refractivity contribution is 5.94. The number of nitrogens with one attached hydrogen (secondary N) is 4. The molecule has 12 nitrogen and oxygen atoms in total. The third-order valence-corrected chi connectivity index (χ3v) is 5.82. The molecule has 1 aromatic rings. The molecule has 4 atom stereocenters. The second-order valence-corrected chi connectivity index (χ2v) is 8.16. The average molecular weight is 474 g/mol. The van der Waals surface area contributed by atoms with Gasteiger partial charge in [0.05, 0.1) is 12.6 Å². The van der Waals surface area contributed by atoms with Gasteiger partial charge >= 0.3 is 6.03 Å². The van der Waals surface area contributed by atoms with Crippen molar-refractivity contribution in [3.05, 3.63) is 48.0 Å². The lowest BCUT2D eigenvalue weighted by Gasteiger charge is -2.39. The van der Waals surface area contributed by atoms with Crippen molar-refractivity contribution in [3.8, 4) is 0 Å². The van der Waals surface area contributed by atoms with Gasteiger partial charge in [0.1, 0.15) is 18.3 Å². The molecule has 1 aromatic carbocycles. The minimum absolute atomic E-state index is 0.132. The fourth-order valence-corrected chi connectivity index (χ4v) is 4.01. The van der Waals surface area contributed by atoms with Crippen molar-refractivity contribution in [1.29, 1.82) is 5.41 Å². The van der Waals surface area contributed by atoms with E-state index in [1.165, 1.54) is 9.80 Å². The smallest absolute Gasteiger partial charge is 0.315 e. The van der Waals surface area contributed by atoms with Crippen LogP contribution in [0, 0.1) is 5.41 Å². The first-order valence-corrected chi connectivity index (χ1v) is 11.1. The van der Waals surface area contributed by atoms with Gasteiger partial charge in [-0.25, -0.2) is 4.79 Å². The predicted octanol–water partition coefficient (Wildman–Crippen LogP) is -1.59. The highest BCUT2D eigenvalue weighted by Gasteiger charge is 2.38. The van der Waals surface area contributed by atoms with Gasteiger partial charge in [-0.15, -0.1) is 0 Å². The van der Waals surface area contributed by atoms with Gasteiger partial charge in [-0.05, 0) is 18.4 Å². The zero-order valence-electron chi connectivity index (χ0n) is 18.7. The van der Waals surface area contributed by atoms with Crippen LogP contribution in [0.15, 0.2) is 42.5 Å². The number of urea groups is 1. The predicted molar refractivity (Wildman–Crippen MR) is 123 cm³/mol. The van der Waals surface area contributed by atoms with Crippen LogP contribution in [0.5, 0.6) is 0 Å². The minimum Gasteiger partial charge on any atom is -0.394 e. The molecule has 1 saturated heterocycles. The van der Waals surface area contributed by atoms with E-state index in [0.717, 1.165) is 5.56 Å². The Bertz CT molecular complexity index is 925. The molecule has 0 aliphatic carbocycles. The molecule has 0 bridgehead atoms. The summed E-state index contributed by atoms with van der Waals surface area (Å²) in [5.41, 5.74) is 6.36. The summed E-state index contributed by atoms with van der Waals surface area (Å²) in [6.07, 6.45) is 3.16. The Morgan fingerprint density at radius 2 is 1.94 bits per heavy atom. The number of carbonyl (C=O) groups excluding carboxylic acids is 3. The quantitative estimate of drug-likeness (QED) is 0.141. The summed E-state index contributed by atoms with van der Waals surface area (Å²) in [4.78, 5) is 40.7. The van der Waals surface area contributed by atoms with Gasteiger partial charge < -0.3 is 41.7 Å². The summed E-state index contributed by atoms with van der Waals surface area (Å²) >= 11 is 0. The number of carbonyl (C=O) groups is 3. The molecule has 12 heteroatoms. The van der Waals surface area contributed by atoms with Crippen LogP contribution in [-0.4, -0.2) is 87.9 Å².